The number of nitrogens with one attached hydrogen (secondary N) is 2. The van der Waals surface area contributed by atoms with Crippen LogP contribution in [-0.4, -0.2) is 26.1 Å². The minimum Gasteiger partial charge on any atom is -0.496 e. The fraction of sp³-hybridized carbons (Fsp3) is 0.370. The molecule has 1 saturated heterocycles. The molecule has 1 fully saturated rings. The second kappa shape index (κ2) is 9.88. The minimum absolute atomic E-state index is 0.0610. The van der Waals surface area contributed by atoms with Gasteiger partial charge in [0.2, 0.25) is 0 Å². The van der Waals surface area contributed by atoms with Crippen LogP contribution in [0.5, 0.6) is 5.75 Å². The van der Waals surface area contributed by atoms with Gasteiger partial charge in [0.1, 0.15) is 16.8 Å². The smallest absolute Gasteiger partial charge is 0.256 e. The molecule has 0 bridgehead atoms. The van der Waals surface area contributed by atoms with Crippen molar-refractivity contribution < 1.29 is 14.4 Å². The Labute approximate surface area is 195 Å². The molecule has 1 aliphatic heterocycles. The predicted molar refractivity (Wildman–Crippen MR) is 132 cm³/mol. The zero-order valence-electron chi connectivity index (χ0n) is 19.4. The predicted octanol–water partition coefficient (Wildman–Crippen LogP) is 5.03. The molecule has 1 aromatic heterocycles. The van der Waals surface area contributed by atoms with Crippen LogP contribution in [0, 0.1) is 19.8 Å². The quantitative estimate of drug-likeness (QED) is 0.554. The second-order valence-corrected chi connectivity index (χ2v) is 10.1. The standard InChI is InChI=1S/C27H32N2O2S/c1-18-14-16-29(17-15-18)25(22-12-8-9-13-23(22)31-4)24-19(2)20(3)32-27(24)28-26(30)21-10-6-5-7-11-21/h5-13,18,25H,14-17H2,1-4H3,(H,28,30)/p+1/t25-/m0/s1. The summed E-state index contributed by atoms with van der Waals surface area (Å²) in [6, 6.07) is 17.9. The van der Waals surface area contributed by atoms with Gasteiger partial charge in [-0.25, -0.2) is 0 Å². The number of aryl methyl sites for hydroxylation is 1. The van der Waals surface area contributed by atoms with E-state index < -0.39 is 0 Å². The van der Waals surface area contributed by atoms with Crippen molar-refractivity contribution in [3.05, 3.63) is 81.7 Å². The molecule has 5 heteroatoms. The highest BCUT2D eigenvalue weighted by atomic mass is 32.1. The fourth-order valence-corrected chi connectivity index (χ4v) is 5.85. The second-order valence-electron chi connectivity index (χ2n) is 8.86. The average Bonchev–Trinajstić information content (AvgIpc) is 3.09. The molecule has 4 nitrogen and oxygen atoms in total. The fourth-order valence-electron chi connectivity index (χ4n) is 4.76. The zero-order valence-corrected chi connectivity index (χ0v) is 20.2. The number of hydrogen-bond donors (Lipinski definition) is 2. The molecular formula is C27H33N2O2S+. The van der Waals surface area contributed by atoms with Crippen molar-refractivity contribution >= 4 is 22.2 Å². The minimum atomic E-state index is -0.0610. The normalized spacial score (nSPS) is 19.4. The van der Waals surface area contributed by atoms with Crippen molar-refractivity contribution in [2.45, 2.75) is 39.7 Å². The Kier molecular flexibility index (Phi) is 6.97. The number of quaternary nitrogens is 1. The number of carbonyl (C=O) groups is 1. The van der Waals surface area contributed by atoms with Gasteiger partial charge < -0.3 is 15.0 Å². The zero-order chi connectivity index (χ0) is 22.7. The Bertz CT molecular complexity index is 1070. The number of amides is 1. The maximum absolute atomic E-state index is 13.1. The third kappa shape index (κ3) is 4.59. The highest BCUT2D eigenvalue weighted by Gasteiger charge is 2.36. The van der Waals surface area contributed by atoms with E-state index in [1.165, 1.54) is 34.4 Å². The maximum Gasteiger partial charge on any atom is 0.256 e. The molecule has 0 saturated carbocycles. The van der Waals surface area contributed by atoms with Crippen LogP contribution in [0.4, 0.5) is 5.00 Å². The molecule has 1 amide bonds. The summed E-state index contributed by atoms with van der Waals surface area (Å²) in [6.07, 6.45) is 2.43. The summed E-state index contributed by atoms with van der Waals surface area (Å²) >= 11 is 1.68. The van der Waals surface area contributed by atoms with Gasteiger partial charge in [-0.15, -0.1) is 11.3 Å². The van der Waals surface area contributed by atoms with E-state index in [0.29, 0.717) is 5.56 Å². The van der Waals surface area contributed by atoms with Gasteiger partial charge in [0.25, 0.3) is 5.91 Å². The lowest BCUT2D eigenvalue weighted by molar-refractivity contribution is -0.931. The van der Waals surface area contributed by atoms with Crippen LogP contribution in [0.25, 0.3) is 0 Å². The monoisotopic (exact) mass is 449 g/mol. The summed E-state index contributed by atoms with van der Waals surface area (Å²) in [5, 5.41) is 4.20. The number of rotatable bonds is 6. The lowest BCUT2D eigenvalue weighted by Crippen LogP contribution is -3.13. The highest BCUT2D eigenvalue weighted by Crippen LogP contribution is 2.40. The van der Waals surface area contributed by atoms with E-state index in [2.05, 4.69) is 38.2 Å². The lowest BCUT2D eigenvalue weighted by Gasteiger charge is -2.35. The summed E-state index contributed by atoms with van der Waals surface area (Å²) < 4.78 is 5.80. The van der Waals surface area contributed by atoms with Crippen LogP contribution in [0.2, 0.25) is 0 Å². The van der Waals surface area contributed by atoms with Crippen molar-refractivity contribution in [3.8, 4) is 5.75 Å². The number of para-hydroxylation sites is 1. The Morgan fingerprint density at radius 3 is 2.41 bits per heavy atom. The third-order valence-electron chi connectivity index (χ3n) is 6.76. The van der Waals surface area contributed by atoms with E-state index in [1.54, 1.807) is 23.3 Å². The van der Waals surface area contributed by atoms with Gasteiger partial charge in [0.15, 0.2) is 0 Å². The number of hydrogen-bond acceptors (Lipinski definition) is 3. The number of likely N-dealkylation sites (tertiary alicyclic amines) is 1. The van der Waals surface area contributed by atoms with Gasteiger partial charge in [-0.3, -0.25) is 4.79 Å². The molecule has 0 radical (unpaired) electrons. The lowest BCUT2D eigenvalue weighted by atomic mass is 9.90. The molecule has 0 aliphatic carbocycles. The van der Waals surface area contributed by atoms with Gasteiger partial charge in [0.05, 0.1) is 31.3 Å². The average molecular weight is 450 g/mol. The van der Waals surface area contributed by atoms with Crippen LogP contribution < -0.4 is 15.0 Å². The van der Waals surface area contributed by atoms with Crippen molar-refractivity contribution in [2.24, 2.45) is 5.92 Å². The van der Waals surface area contributed by atoms with Gasteiger partial charge in [-0.05, 0) is 62.4 Å². The van der Waals surface area contributed by atoms with Crippen LogP contribution in [-0.2, 0) is 0 Å². The number of methoxy groups -OCH3 is 1. The molecule has 168 valence electrons. The maximum atomic E-state index is 13.1. The molecule has 0 spiro atoms. The molecule has 0 unspecified atom stereocenters. The molecule has 2 N–H and O–H groups in total. The molecule has 4 rings (SSSR count). The first-order chi connectivity index (χ1) is 15.5. The first-order valence-electron chi connectivity index (χ1n) is 11.4. The molecular weight excluding hydrogens is 416 g/mol. The van der Waals surface area contributed by atoms with E-state index >= 15 is 0 Å². The van der Waals surface area contributed by atoms with Crippen molar-refractivity contribution in [3.63, 3.8) is 0 Å². The molecule has 1 aliphatic rings. The summed E-state index contributed by atoms with van der Waals surface area (Å²) in [5.74, 6) is 1.61. The van der Waals surface area contributed by atoms with E-state index in [4.69, 9.17) is 4.74 Å². The number of ether oxygens (including phenoxy) is 1. The van der Waals surface area contributed by atoms with Crippen LogP contribution >= 0.6 is 11.3 Å². The Morgan fingerprint density at radius 2 is 1.72 bits per heavy atom. The number of anilines is 1. The van der Waals surface area contributed by atoms with Gasteiger partial charge in [0, 0.05) is 10.4 Å². The number of thiophene rings is 1. The topological polar surface area (TPSA) is 42.8 Å². The van der Waals surface area contributed by atoms with Gasteiger partial charge in [-0.2, -0.15) is 0 Å². The molecule has 2 heterocycles. The summed E-state index contributed by atoms with van der Waals surface area (Å²) in [6.45, 7) is 8.91. The molecule has 2 aromatic carbocycles. The number of piperidine rings is 1. The van der Waals surface area contributed by atoms with Gasteiger partial charge >= 0.3 is 0 Å². The summed E-state index contributed by atoms with van der Waals surface area (Å²) in [4.78, 5) is 15.8. The highest BCUT2D eigenvalue weighted by molar-refractivity contribution is 7.16. The van der Waals surface area contributed by atoms with E-state index in [-0.39, 0.29) is 11.9 Å². The number of benzene rings is 2. The van der Waals surface area contributed by atoms with Gasteiger partial charge in [-0.1, -0.05) is 37.3 Å². The molecule has 1 atom stereocenters. The van der Waals surface area contributed by atoms with Crippen molar-refractivity contribution in [1.82, 2.24) is 0 Å². The Morgan fingerprint density at radius 1 is 1.06 bits per heavy atom. The number of carbonyl (C=O) groups excluding carboxylic acids is 1. The van der Waals surface area contributed by atoms with Crippen molar-refractivity contribution in [1.29, 1.82) is 0 Å². The van der Waals surface area contributed by atoms with E-state index in [0.717, 1.165) is 29.8 Å². The van der Waals surface area contributed by atoms with Crippen LogP contribution in [0.3, 0.4) is 0 Å². The first kappa shape index (κ1) is 22.6. The van der Waals surface area contributed by atoms with Crippen molar-refractivity contribution in [2.75, 3.05) is 25.5 Å². The Balaban J connectivity index is 1.79. The molecule has 32 heavy (non-hydrogen) atoms. The molecule has 3 aromatic rings. The third-order valence-corrected chi connectivity index (χ3v) is 7.90. The summed E-state index contributed by atoms with van der Waals surface area (Å²) in [5.41, 5.74) is 4.36. The first-order valence-corrected chi connectivity index (χ1v) is 12.2. The van der Waals surface area contributed by atoms with E-state index in [1.807, 2.05) is 42.5 Å². The Hall–Kier alpha value is -2.63. The summed E-state index contributed by atoms with van der Waals surface area (Å²) in [7, 11) is 1.74. The van der Waals surface area contributed by atoms with Crippen LogP contribution in [0.1, 0.15) is 57.7 Å². The van der Waals surface area contributed by atoms with E-state index in [9.17, 15) is 4.79 Å². The van der Waals surface area contributed by atoms with Crippen LogP contribution in [0.15, 0.2) is 54.6 Å². The largest absolute Gasteiger partial charge is 0.496 e. The SMILES string of the molecule is COc1ccccc1[C@@H](c1c(NC(=O)c2ccccc2)sc(C)c1C)[NH+]1CCC(C)CC1.